The Hall–Kier alpha value is -1.40. The molecule has 6 nitrogen and oxygen atoms in total. The molecule has 0 radical (unpaired) electrons. The summed E-state index contributed by atoms with van der Waals surface area (Å²) in [5.41, 5.74) is 0. The van der Waals surface area contributed by atoms with Crippen molar-refractivity contribution < 1.29 is 29.3 Å². The number of hydrogen-bond donors (Lipinski definition) is 2. The van der Waals surface area contributed by atoms with Gasteiger partial charge in [0.25, 0.3) is 0 Å². The summed E-state index contributed by atoms with van der Waals surface area (Å²) in [4.78, 5) is 23.8. The third kappa shape index (κ3) is 13.1. The van der Waals surface area contributed by atoms with Gasteiger partial charge in [-0.1, -0.05) is 38.3 Å². The Morgan fingerprint density at radius 3 is 2.21 bits per heavy atom. The van der Waals surface area contributed by atoms with Crippen molar-refractivity contribution in [3.8, 4) is 0 Å². The highest BCUT2D eigenvalue weighted by Gasteiger charge is 2.22. The SMILES string of the molecule is CCCCCC/C=C/C(CC(=O)OCC(C)O)C(=O)OCC(C)O. The molecule has 0 aromatic rings. The van der Waals surface area contributed by atoms with Gasteiger partial charge in [0.1, 0.15) is 13.2 Å². The van der Waals surface area contributed by atoms with E-state index in [1.54, 1.807) is 6.08 Å². The maximum absolute atomic E-state index is 12.0. The fraction of sp³-hybridized carbons (Fsp3) is 0.778. The predicted octanol–water partition coefficient (Wildman–Crippen LogP) is 2.37. The maximum Gasteiger partial charge on any atom is 0.313 e. The number of carbonyl (C=O) groups excluding carboxylic acids is 2. The third-order valence-corrected chi connectivity index (χ3v) is 3.23. The summed E-state index contributed by atoms with van der Waals surface area (Å²) >= 11 is 0. The van der Waals surface area contributed by atoms with E-state index in [4.69, 9.17) is 14.6 Å². The number of aliphatic hydroxyl groups is 2. The molecule has 0 aliphatic carbocycles. The van der Waals surface area contributed by atoms with Crippen molar-refractivity contribution in [1.82, 2.24) is 0 Å². The van der Waals surface area contributed by atoms with Crippen LogP contribution in [-0.4, -0.2) is 47.6 Å². The molecule has 0 rings (SSSR count). The first kappa shape index (κ1) is 22.6. The van der Waals surface area contributed by atoms with Gasteiger partial charge in [0.2, 0.25) is 0 Å². The third-order valence-electron chi connectivity index (χ3n) is 3.23. The number of aliphatic hydroxyl groups excluding tert-OH is 2. The van der Waals surface area contributed by atoms with E-state index >= 15 is 0 Å². The first-order valence-corrected chi connectivity index (χ1v) is 8.71. The number of esters is 2. The van der Waals surface area contributed by atoms with Crippen molar-refractivity contribution in [1.29, 1.82) is 0 Å². The van der Waals surface area contributed by atoms with Crippen LogP contribution in [0.2, 0.25) is 0 Å². The normalized spacial score (nSPS) is 15.0. The number of ether oxygens (including phenoxy) is 2. The molecule has 3 unspecified atom stereocenters. The molecule has 24 heavy (non-hydrogen) atoms. The van der Waals surface area contributed by atoms with Crippen LogP contribution < -0.4 is 0 Å². The van der Waals surface area contributed by atoms with E-state index in [1.165, 1.54) is 20.3 Å². The molecule has 3 atom stereocenters. The van der Waals surface area contributed by atoms with Crippen LogP contribution in [0, 0.1) is 5.92 Å². The average Bonchev–Trinajstić information content (AvgIpc) is 2.52. The van der Waals surface area contributed by atoms with E-state index < -0.39 is 30.1 Å². The lowest BCUT2D eigenvalue weighted by atomic mass is 10.0. The molecule has 0 fully saturated rings. The first-order valence-electron chi connectivity index (χ1n) is 8.71. The molecule has 0 amide bonds. The quantitative estimate of drug-likeness (QED) is 0.303. The first-order chi connectivity index (χ1) is 11.4. The van der Waals surface area contributed by atoms with Crippen LogP contribution in [0.5, 0.6) is 0 Å². The zero-order valence-electron chi connectivity index (χ0n) is 15.1. The van der Waals surface area contributed by atoms with Gasteiger partial charge in [0, 0.05) is 0 Å². The number of rotatable bonds is 13. The summed E-state index contributed by atoms with van der Waals surface area (Å²) in [6.07, 6.45) is 7.25. The van der Waals surface area contributed by atoms with Crippen molar-refractivity contribution in [3.63, 3.8) is 0 Å². The van der Waals surface area contributed by atoms with E-state index in [0.717, 1.165) is 25.7 Å². The average molecular weight is 344 g/mol. The highest BCUT2D eigenvalue weighted by molar-refractivity contribution is 5.81. The van der Waals surface area contributed by atoms with Gasteiger partial charge < -0.3 is 19.7 Å². The van der Waals surface area contributed by atoms with Crippen LogP contribution in [0.3, 0.4) is 0 Å². The van der Waals surface area contributed by atoms with E-state index in [0.29, 0.717) is 0 Å². The second-order valence-electron chi connectivity index (χ2n) is 6.10. The molecule has 0 bridgehead atoms. The van der Waals surface area contributed by atoms with Gasteiger partial charge >= 0.3 is 11.9 Å². The minimum absolute atomic E-state index is 0.102. The highest BCUT2D eigenvalue weighted by atomic mass is 16.5. The largest absolute Gasteiger partial charge is 0.463 e. The van der Waals surface area contributed by atoms with Crippen LogP contribution in [-0.2, 0) is 19.1 Å². The predicted molar refractivity (Wildman–Crippen MR) is 91.3 cm³/mol. The Balaban J connectivity index is 4.49. The van der Waals surface area contributed by atoms with Gasteiger partial charge in [-0.25, -0.2) is 0 Å². The zero-order valence-corrected chi connectivity index (χ0v) is 15.1. The van der Waals surface area contributed by atoms with Crippen molar-refractivity contribution >= 4 is 11.9 Å². The van der Waals surface area contributed by atoms with Crippen LogP contribution in [0.25, 0.3) is 0 Å². The van der Waals surface area contributed by atoms with E-state index in [1.807, 2.05) is 6.08 Å². The van der Waals surface area contributed by atoms with E-state index in [2.05, 4.69) is 6.92 Å². The number of unbranched alkanes of at least 4 members (excludes halogenated alkanes) is 4. The lowest BCUT2D eigenvalue weighted by molar-refractivity contribution is -0.156. The number of carbonyl (C=O) groups is 2. The Labute approximate surface area is 144 Å². The topological polar surface area (TPSA) is 93.1 Å². The smallest absolute Gasteiger partial charge is 0.313 e. The monoisotopic (exact) mass is 344 g/mol. The minimum Gasteiger partial charge on any atom is -0.463 e. The molecule has 140 valence electrons. The standard InChI is InChI=1S/C18H32O6/c1-4-5-6-7-8-9-10-16(18(22)24-13-15(3)20)11-17(21)23-12-14(2)19/h9-10,14-16,19-20H,4-8,11-13H2,1-3H3/b10-9+. The minimum atomic E-state index is -0.755. The Morgan fingerprint density at radius 1 is 1.00 bits per heavy atom. The summed E-state index contributed by atoms with van der Waals surface area (Å²) in [5, 5.41) is 18.3. The molecule has 0 saturated carbocycles. The van der Waals surface area contributed by atoms with Gasteiger partial charge in [0.05, 0.1) is 24.5 Å². The van der Waals surface area contributed by atoms with Crippen molar-refractivity contribution in [2.24, 2.45) is 5.92 Å². The lowest BCUT2D eigenvalue weighted by Gasteiger charge is -2.14. The zero-order chi connectivity index (χ0) is 18.4. The van der Waals surface area contributed by atoms with Crippen molar-refractivity contribution in [2.75, 3.05) is 13.2 Å². The Bertz CT molecular complexity index is 376. The van der Waals surface area contributed by atoms with Crippen LogP contribution in [0.15, 0.2) is 12.2 Å². The molecule has 6 heteroatoms. The molecule has 2 N–H and O–H groups in total. The van der Waals surface area contributed by atoms with Gasteiger partial charge in [0.15, 0.2) is 0 Å². The fourth-order valence-corrected chi connectivity index (χ4v) is 1.94. The summed E-state index contributed by atoms with van der Waals surface area (Å²) in [6, 6.07) is 0. The summed E-state index contributed by atoms with van der Waals surface area (Å²) in [6.45, 7) is 4.96. The fourth-order valence-electron chi connectivity index (χ4n) is 1.94. The molecular weight excluding hydrogens is 312 g/mol. The van der Waals surface area contributed by atoms with E-state index in [9.17, 15) is 14.7 Å². The van der Waals surface area contributed by atoms with E-state index in [-0.39, 0.29) is 19.6 Å². The lowest BCUT2D eigenvalue weighted by Crippen LogP contribution is -2.25. The Morgan fingerprint density at radius 2 is 1.62 bits per heavy atom. The molecule has 0 spiro atoms. The van der Waals surface area contributed by atoms with Gasteiger partial charge in [-0.15, -0.1) is 0 Å². The molecule has 0 aromatic carbocycles. The summed E-state index contributed by atoms with van der Waals surface area (Å²) < 4.78 is 9.88. The van der Waals surface area contributed by atoms with Gasteiger partial charge in [-0.2, -0.15) is 0 Å². The molecule has 0 aromatic heterocycles. The highest BCUT2D eigenvalue weighted by Crippen LogP contribution is 2.12. The van der Waals surface area contributed by atoms with Crippen LogP contribution in [0.4, 0.5) is 0 Å². The Kier molecular flexibility index (Phi) is 13.2. The van der Waals surface area contributed by atoms with Crippen molar-refractivity contribution in [3.05, 3.63) is 12.2 Å². The molecule has 0 saturated heterocycles. The van der Waals surface area contributed by atoms with Crippen molar-refractivity contribution in [2.45, 2.75) is 71.5 Å². The molecule has 0 heterocycles. The molecular formula is C18H32O6. The second kappa shape index (κ2) is 14.0. The van der Waals surface area contributed by atoms with Gasteiger partial charge in [-0.05, 0) is 26.7 Å². The van der Waals surface area contributed by atoms with Crippen LogP contribution in [0.1, 0.15) is 59.3 Å². The molecule has 0 aliphatic rings. The molecule has 0 aliphatic heterocycles. The van der Waals surface area contributed by atoms with Gasteiger partial charge in [-0.3, -0.25) is 9.59 Å². The second-order valence-corrected chi connectivity index (χ2v) is 6.10. The maximum atomic E-state index is 12.0. The number of hydrogen-bond acceptors (Lipinski definition) is 6. The summed E-state index contributed by atoms with van der Waals surface area (Å²) in [7, 11) is 0. The number of allylic oxidation sites excluding steroid dienone is 1. The summed E-state index contributed by atoms with van der Waals surface area (Å²) in [5.74, 6) is -1.86. The van der Waals surface area contributed by atoms with Crippen LogP contribution >= 0.6 is 0 Å².